The van der Waals surface area contributed by atoms with E-state index in [-0.39, 0.29) is 17.5 Å². The van der Waals surface area contributed by atoms with Crippen LogP contribution < -0.4 is 4.90 Å². The van der Waals surface area contributed by atoms with E-state index in [1.165, 1.54) is 17.1 Å². The summed E-state index contributed by atoms with van der Waals surface area (Å²) in [5, 5.41) is 4.59. The normalized spacial score (nSPS) is 15.0. The molecular formula is C16H13ClF3N5O. The summed E-state index contributed by atoms with van der Waals surface area (Å²) in [6.07, 6.45) is 2.90. The Kier molecular flexibility index (Phi) is 4.41. The van der Waals surface area contributed by atoms with Crippen LogP contribution in [-0.2, 0) is 11.3 Å². The zero-order valence-corrected chi connectivity index (χ0v) is 14.2. The molecule has 1 aliphatic rings. The summed E-state index contributed by atoms with van der Waals surface area (Å²) in [5.41, 5.74) is -0.112. The van der Waals surface area contributed by atoms with Crippen LogP contribution in [-0.4, -0.2) is 46.1 Å². The molecule has 1 fully saturated rings. The lowest BCUT2D eigenvalue weighted by atomic mass is 10.1. The van der Waals surface area contributed by atoms with Crippen LogP contribution in [0.4, 0.5) is 18.9 Å². The number of ether oxygens (including phenoxy) is 1. The van der Waals surface area contributed by atoms with E-state index in [0.717, 1.165) is 6.07 Å². The minimum absolute atomic E-state index is 0.00585. The lowest BCUT2D eigenvalue weighted by molar-refractivity contribution is 0.122. The first-order valence-corrected chi connectivity index (χ1v) is 8.25. The summed E-state index contributed by atoms with van der Waals surface area (Å²) >= 11 is 5.78. The van der Waals surface area contributed by atoms with Crippen molar-refractivity contribution in [2.45, 2.75) is 6.54 Å². The van der Waals surface area contributed by atoms with Crippen LogP contribution in [0.1, 0.15) is 5.56 Å². The predicted molar refractivity (Wildman–Crippen MR) is 88.8 cm³/mol. The number of nitrogens with zero attached hydrogens (tertiary/aromatic N) is 5. The summed E-state index contributed by atoms with van der Waals surface area (Å²) in [6.45, 7) is 1.26. The van der Waals surface area contributed by atoms with Gasteiger partial charge in [-0.2, -0.15) is 10.1 Å². The molecule has 0 aliphatic carbocycles. The highest BCUT2D eigenvalue weighted by Crippen LogP contribution is 2.29. The van der Waals surface area contributed by atoms with Crippen LogP contribution >= 0.6 is 11.6 Å². The number of hydrogen-bond acceptors (Lipinski definition) is 5. The molecule has 1 saturated heterocycles. The molecule has 26 heavy (non-hydrogen) atoms. The minimum Gasteiger partial charge on any atom is -0.378 e. The van der Waals surface area contributed by atoms with E-state index in [1.807, 2.05) is 0 Å². The van der Waals surface area contributed by atoms with Gasteiger partial charge in [-0.25, -0.2) is 22.8 Å². The minimum atomic E-state index is -1.25. The van der Waals surface area contributed by atoms with Gasteiger partial charge < -0.3 is 9.64 Å². The van der Waals surface area contributed by atoms with Crippen LogP contribution in [0.5, 0.6) is 0 Å². The fraction of sp³-hybridized carbons (Fsp3) is 0.312. The van der Waals surface area contributed by atoms with Gasteiger partial charge in [0.2, 0.25) is 5.28 Å². The third-order valence-corrected chi connectivity index (χ3v) is 4.42. The van der Waals surface area contributed by atoms with Gasteiger partial charge >= 0.3 is 0 Å². The number of morpholine rings is 1. The maximum Gasteiger partial charge on any atom is 0.224 e. The quantitative estimate of drug-likeness (QED) is 0.514. The smallest absolute Gasteiger partial charge is 0.224 e. The highest BCUT2D eigenvalue weighted by molar-refractivity contribution is 6.28. The van der Waals surface area contributed by atoms with Crippen molar-refractivity contribution in [1.29, 1.82) is 0 Å². The number of hydrogen-bond donors (Lipinski definition) is 0. The van der Waals surface area contributed by atoms with Crippen LogP contribution in [0.2, 0.25) is 5.28 Å². The molecule has 136 valence electrons. The Balaban J connectivity index is 1.77. The van der Waals surface area contributed by atoms with Crippen molar-refractivity contribution in [3.63, 3.8) is 0 Å². The molecule has 0 unspecified atom stereocenters. The largest absolute Gasteiger partial charge is 0.378 e. The van der Waals surface area contributed by atoms with E-state index in [9.17, 15) is 13.2 Å². The summed E-state index contributed by atoms with van der Waals surface area (Å²) in [7, 11) is 0. The molecule has 2 aromatic heterocycles. The molecule has 10 heteroatoms. The molecule has 0 saturated carbocycles. The first kappa shape index (κ1) is 17.0. The fourth-order valence-corrected chi connectivity index (χ4v) is 3.06. The molecule has 3 heterocycles. The average molecular weight is 384 g/mol. The second kappa shape index (κ2) is 6.73. The topological polar surface area (TPSA) is 56.1 Å². The predicted octanol–water partition coefficient (Wildman–Crippen LogP) is 2.78. The monoisotopic (exact) mass is 383 g/mol. The third kappa shape index (κ3) is 2.97. The number of fused-ring (bicyclic) bond motifs is 1. The van der Waals surface area contributed by atoms with Crippen molar-refractivity contribution in [3.05, 3.63) is 46.8 Å². The van der Waals surface area contributed by atoms with Gasteiger partial charge in [0.1, 0.15) is 0 Å². The number of benzene rings is 1. The maximum absolute atomic E-state index is 15.0. The SMILES string of the molecule is Fc1cc(N2CCOCC2)c(F)c(Cn2ncc3cnc(Cl)nc32)c1F. The summed E-state index contributed by atoms with van der Waals surface area (Å²) in [4.78, 5) is 9.47. The van der Waals surface area contributed by atoms with E-state index >= 15 is 0 Å². The Bertz CT molecular complexity index is 974. The van der Waals surface area contributed by atoms with Gasteiger partial charge in [0.15, 0.2) is 23.1 Å². The Morgan fingerprint density at radius 1 is 1.12 bits per heavy atom. The van der Waals surface area contributed by atoms with Crippen LogP contribution in [0.25, 0.3) is 11.0 Å². The molecule has 0 radical (unpaired) electrons. The molecule has 3 aromatic rings. The Morgan fingerprint density at radius 3 is 2.65 bits per heavy atom. The molecule has 6 nitrogen and oxygen atoms in total. The second-order valence-electron chi connectivity index (χ2n) is 5.80. The Morgan fingerprint density at radius 2 is 1.88 bits per heavy atom. The zero-order valence-electron chi connectivity index (χ0n) is 13.4. The lowest BCUT2D eigenvalue weighted by Crippen LogP contribution is -2.37. The van der Waals surface area contributed by atoms with Gasteiger partial charge in [0.25, 0.3) is 0 Å². The lowest BCUT2D eigenvalue weighted by Gasteiger charge is -2.29. The van der Waals surface area contributed by atoms with Crippen LogP contribution in [0.3, 0.4) is 0 Å². The first-order valence-electron chi connectivity index (χ1n) is 7.87. The van der Waals surface area contributed by atoms with Gasteiger partial charge in [-0.1, -0.05) is 0 Å². The average Bonchev–Trinajstić information content (AvgIpc) is 3.04. The highest BCUT2D eigenvalue weighted by Gasteiger charge is 2.24. The van der Waals surface area contributed by atoms with Crippen molar-refractivity contribution in [2.75, 3.05) is 31.2 Å². The molecule has 4 rings (SSSR count). The Hall–Kier alpha value is -2.39. The van der Waals surface area contributed by atoms with Crippen molar-refractivity contribution >= 4 is 28.3 Å². The number of anilines is 1. The van der Waals surface area contributed by atoms with Crippen molar-refractivity contribution in [3.8, 4) is 0 Å². The van der Waals surface area contributed by atoms with Crippen LogP contribution in [0, 0.1) is 17.5 Å². The number of rotatable bonds is 3. The van der Waals surface area contributed by atoms with Crippen molar-refractivity contribution in [2.24, 2.45) is 0 Å². The molecule has 1 aliphatic heterocycles. The molecule has 0 N–H and O–H groups in total. The summed E-state index contributed by atoms with van der Waals surface area (Å²) in [6, 6.07) is 0.875. The standard InChI is InChI=1S/C16H13ClF3N5O/c17-16-21-6-9-7-22-25(15(9)23-16)8-10-13(19)11(18)5-12(14(10)20)24-1-3-26-4-2-24/h5-7H,1-4,8H2. The number of aromatic nitrogens is 4. The molecule has 0 amide bonds. The summed E-state index contributed by atoms with van der Waals surface area (Å²) in [5.74, 6) is -3.19. The van der Waals surface area contributed by atoms with Gasteiger partial charge in [-0.3, -0.25) is 0 Å². The maximum atomic E-state index is 15.0. The van der Waals surface area contributed by atoms with Crippen molar-refractivity contribution < 1.29 is 17.9 Å². The van der Waals surface area contributed by atoms with Crippen molar-refractivity contribution in [1.82, 2.24) is 19.7 Å². The molecule has 1 aromatic carbocycles. The molecule has 0 bridgehead atoms. The van der Waals surface area contributed by atoms with E-state index < -0.39 is 23.0 Å². The number of halogens is 4. The van der Waals surface area contributed by atoms with E-state index in [4.69, 9.17) is 16.3 Å². The highest BCUT2D eigenvalue weighted by atomic mass is 35.5. The van der Waals surface area contributed by atoms with E-state index in [1.54, 1.807) is 4.90 Å². The van der Waals surface area contributed by atoms with Gasteiger partial charge in [-0.05, 0) is 11.6 Å². The van der Waals surface area contributed by atoms with Gasteiger partial charge in [-0.15, -0.1) is 0 Å². The zero-order chi connectivity index (χ0) is 18.3. The van der Waals surface area contributed by atoms with Gasteiger partial charge in [0, 0.05) is 25.4 Å². The summed E-state index contributed by atoms with van der Waals surface area (Å²) < 4.78 is 49.9. The molecule has 0 atom stereocenters. The second-order valence-corrected chi connectivity index (χ2v) is 6.14. The fourth-order valence-electron chi connectivity index (χ4n) is 2.93. The Labute approximate surface area is 151 Å². The van der Waals surface area contributed by atoms with E-state index in [2.05, 4.69) is 15.1 Å². The third-order valence-electron chi connectivity index (χ3n) is 4.23. The van der Waals surface area contributed by atoms with Gasteiger partial charge in [0.05, 0.1) is 42.6 Å². The molecular weight excluding hydrogens is 371 g/mol. The van der Waals surface area contributed by atoms with Crippen LogP contribution in [0.15, 0.2) is 18.5 Å². The van der Waals surface area contributed by atoms with E-state index in [0.29, 0.717) is 37.3 Å². The first-order chi connectivity index (χ1) is 12.5. The molecule has 0 spiro atoms.